The van der Waals surface area contributed by atoms with Crippen molar-refractivity contribution in [2.45, 2.75) is 41.5 Å². The Morgan fingerprint density at radius 3 is 1.71 bits per heavy atom. The van der Waals surface area contributed by atoms with Crippen LogP contribution in [0.5, 0.6) is 0 Å². The average Bonchev–Trinajstić information content (AvgIpc) is 2.42. The highest BCUT2D eigenvalue weighted by Crippen LogP contribution is 2.28. The molecular weight excluding hydrogens is 324 g/mol. The molecule has 110 valence electrons. The van der Waals surface area contributed by atoms with Gasteiger partial charge in [0.1, 0.15) is 0 Å². The Morgan fingerprint density at radius 2 is 1.24 bits per heavy atom. The van der Waals surface area contributed by atoms with Crippen molar-refractivity contribution in [3.05, 3.63) is 67.2 Å². The van der Waals surface area contributed by atoms with Gasteiger partial charge in [-0.15, -0.1) is 0 Å². The van der Waals surface area contributed by atoms with Gasteiger partial charge in [-0.05, 0) is 93.1 Å². The van der Waals surface area contributed by atoms with Gasteiger partial charge in [0.25, 0.3) is 0 Å². The molecule has 0 radical (unpaired) electrons. The van der Waals surface area contributed by atoms with Crippen molar-refractivity contribution < 1.29 is 4.79 Å². The highest BCUT2D eigenvalue weighted by Gasteiger charge is 2.19. The van der Waals surface area contributed by atoms with Gasteiger partial charge >= 0.3 is 0 Å². The zero-order valence-corrected chi connectivity index (χ0v) is 15.1. The Kier molecular flexibility index (Phi) is 4.38. The van der Waals surface area contributed by atoms with Crippen molar-refractivity contribution in [2.24, 2.45) is 0 Å². The number of rotatable bonds is 2. The Morgan fingerprint density at radius 1 is 0.762 bits per heavy atom. The van der Waals surface area contributed by atoms with Crippen LogP contribution in [-0.2, 0) is 0 Å². The van der Waals surface area contributed by atoms with Gasteiger partial charge in [0.15, 0.2) is 5.78 Å². The fraction of sp³-hybridized carbons (Fsp3) is 0.316. The van der Waals surface area contributed by atoms with Crippen LogP contribution in [0, 0.1) is 41.5 Å². The molecule has 0 aliphatic carbocycles. The van der Waals surface area contributed by atoms with Crippen molar-refractivity contribution in [2.75, 3.05) is 0 Å². The molecule has 0 spiro atoms. The molecule has 0 aromatic heterocycles. The van der Waals surface area contributed by atoms with E-state index in [0.717, 1.165) is 32.3 Å². The average molecular weight is 345 g/mol. The summed E-state index contributed by atoms with van der Waals surface area (Å²) in [5.74, 6) is 0.112. The number of hydrogen-bond acceptors (Lipinski definition) is 1. The van der Waals surface area contributed by atoms with E-state index in [9.17, 15) is 4.79 Å². The van der Waals surface area contributed by atoms with Gasteiger partial charge in [0.2, 0.25) is 0 Å². The Bertz CT molecular complexity index is 692. The van der Waals surface area contributed by atoms with Gasteiger partial charge in [-0.3, -0.25) is 4.79 Å². The number of carbonyl (C=O) groups is 1. The molecule has 0 heterocycles. The minimum Gasteiger partial charge on any atom is -0.289 e. The van der Waals surface area contributed by atoms with Crippen molar-refractivity contribution >= 4 is 21.7 Å². The van der Waals surface area contributed by atoms with Gasteiger partial charge in [0, 0.05) is 15.6 Å². The van der Waals surface area contributed by atoms with Crippen molar-refractivity contribution in [1.29, 1.82) is 0 Å². The SMILES string of the molecule is Cc1cc(Br)cc(C(=O)c2c(C)c(C)c(C)c(C)c2C)c1. The predicted molar refractivity (Wildman–Crippen MR) is 92.4 cm³/mol. The third kappa shape index (κ3) is 2.82. The van der Waals surface area contributed by atoms with Gasteiger partial charge in [-0.2, -0.15) is 0 Å². The second-order valence-corrected chi connectivity index (χ2v) is 6.76. The fourth-order valence-electron chi connectivity index (χ4n) is 2.85. The fourth-order valence-corrected chi connectivity index (χ4v) is 3.46. The van der Waals surface area contributed by atoms with Crippen molar-refractivity contribution in [1.82, 2.24) is 0 Å². The third-order valence-electron chi connectivity index (χ3n) is 4.53. The lowest BCUT2D eigenvalue weighted by atomic mass is 9.86. The number of ketones is 1. The zero-order valence-electron chi connectivity index (χ0n) is 13.5. The normalized spacial score (nSPS) is 10.8. The Balaban J connectivity index is 2.69. The summed E-state index contributed by atoms with van der Waals surface area (Å²) >= 11 is 3.48. The van der Waals surface area contributed by atoms with E-state index in [-0.39, 0.29) is 5.78 Å². The van der Waals surface area contributed by atoms with Crippen LogP contribution in [0.3, 0.4) is 0 Å². The molecule has 2 heteroatoms. The summed E-state index contributed by atoms with van der Waals surface area (Å²) in [4.78, 5) is 13.0. The minimum absolute atomic E-state index is 0.112. The second kappa shape index (κ2) is 5.76. The predicted octanol–water partition coefficient (Wildman–Crippen LogP) is 5.53. The number of hydrogen-bond donors (Lipinski definition) is 0. The quantitative estimate of drug-likeness (QED) is 0.654. The van der Waals surface area contributed by atoms with Crippen LogP contribution in [-0.4, -0.2) is 5.78 Å². The molecule has 2 aromatic carbocycles. The number of halogens is 1. The van der Waals surface area contributed by atoms with Gasteiger partial charge in [-0.1, -0.05) is 15.9 Å². The molecule has 0 unspecified atom stereocenters. The van der Waals surface area contributed by atoms with Crippen molar-refractivity contribution in [3.63, 3.8) is 0 Å². The van der Waals surface area contributed by atoms with Crippen LogP contribution < -0.4 is 0 Å². The molecule has 0 fully saturated rings. The molecule has 0 saturated heterocycles. The Labute approximate surface area is 135 Å². The van der Waals surface area contributed by atoms with E-state index in [1.807, 2.05) is 39.0 Å². The summed E-state index contributed by atoms with van der Waals surface area (Å²) in [6.45, 7) is 12.4. The topological polar surface area (TPSA) is 17.1 Å². The molecular formula is C19H21BrO. The van der Waals surface area contributed by atoms with Crippen LogP contribution in [0.1, 0.15) is 49.3 Å². The molecule has 0 bridgehead atoms. The largest absolute Gasteiger partial charge is 0.289 e. The Hall–Kier alpha value is -1.41. The molecule has 1 nitrogen and oxygen atoms in total. The molecule has 0 aliphatic rings. The maximum atomic E-state index is 13.0. The maximum absolute atomic E-state index is 13.0. The third-order valence-corrected chi connectivity index (χ3v) is 4.99. The van der Waals surface area contributed by atoms with Crippen LogP contribution in [0.25, 0.3) is 0 Å². The maximum Gasteiger partial charge on any atom is 0.193 e. The summed E-state index contributed by atoms with van der Waals surface area (Å²) in [6, 6.07) is 5.87. The van der Waals surface area contributed by atoms with Crippen LogP contribution in [0.15, 0.2) is 22.7 Å². The zero-order chi connectivity index (χ0) is 15.9. The molecule has 0 atom stereocenters. The first-order valence-corrected chi connectivity index (χ1v) is 7.92. The first-order valence-electron chi connectivity index (χ1n) is 7.13. The molecule has 0 aliphatic heterocycles. The number of benzene rings is 2. The van der Waals surface area contributed by atoms with Crippen LogP contribution in [0.2, 0.25) is 0 Å². The van der Waals surface area contributed by atoms with E-state index >= 15 is 0 Å². The minimum atomic E-state index is 0.112. The number of carbonyl (C=O) groups excluding carboxylic acids is 1. The summed E-state index contributed by atoms with van der Waals surface area (Å²) < 4.78 is 0.946. The van der Waals surface area contributed by atoms with E-state index in [4.69, 9.17) is 0 Å². The summed E-state index contributed by atoms with van der Waals surface area (Å²) in [5, 5.41) is 0. The van der Waals surface area contributed by atoms with E-state index in [1.165, 1.54) is 16.7 Å². The molecule has 21 heavy (non-hydrogen) atoms. The lowest BCUT2D eigenvalue weighted by Crippen LogP contribution is -2.11. The highest BCUT2D eigenvalue weighted by molar-refractivity contribution is 9.10. The smallest absolute Gasteiger partial charge is 0.193 e. The molecule has 0 N–H and O–H groups in total. The summed E-state index contributed by atoms with van der Waals surface area (Å²) in [6.07, 6.45) is 0. The monoisotopic (exact) mass is 344 g/mol. The molecule has 0 saturated carbocycles. The summed E-state index contributed by atoms with van der Waals surface area (Å²) in [5.41, 5.74) is 8.59. The van der Waals surface area contributed by atoms with E-state index in [0.29, 0.717) is 0 Å². The first-order chi connectivity index (χ1) is 9.73. The van der Waals surface area contributed by atoms with Gasteiger partial charge in [0.05, 0.1) is 0 Å². The van der Waals surface area contributed by atoms with Gasteiger partial charge in [-0.25, -0.2) is 0 Å². The van der Waals surface area contributed by atoms with Crippen LogP contribution >= 0.6 is 15.9 Å². The first kappa shape index (κ1) is 16.0. The molecule has 0 amide bonds. The lowest BCUT2D eigenvalue weighted by molar-refractivity contribution is 0.103. The van der Waals surface area contributed by atoms with Crippen LogP contribution in [0.4, 0.5) is 0 Å². The molecule has 2 aromatic rings. The van der Waals surface area contributed by atoms with E-state index in [2.05, 4.69) is 36.7 Å². The highest BCUT2D eigenvalue weighted by atomic mass is 79.9. The summed E-state index contributed by atoms with van der Waals surface area (Å²) in [7, 11) is 0. The standard InChI is InChI=1S/C19H21BrO/c1-10-7-16(9-17(20)8-10)19(21)18-14(5)12(3)11(2)13(4)15(18)6/h7-9H,1-6H3. The second-order valence-electron chi connectivity index (χ2n) is 5.85. The lowest BCUT2D eigenvalue weighted by Gasteiger charge is -2.18. The van der Waals surface area contributed by atoms with E-state index in [1.54, 1.807) is 0 Å². The number of aryl methyl sites for hydroxylation is 1. The van der Waals surface area contributed by atoms with E-state index < -0.39 is 0 Å². The van der Waals surface area contributed by atoms with Gasteiger partial charge < -0.3 is 0 Å². The molecule has 2 rings (SSSR count). The van der Waals surface area contributed by atoms with Crippen molar-refractivity contribution in [3.8, 4) is 0 Å².